The summed E-state index contributed by atoms with van der Waals surface area (Å²) in [5.41, 5.74) is 1.12. The van der Waals surface area contributed by atoms with Gasteiger partial charge in [-0.15, -0.1) is 0 Å². The SMILES string of the molecule is COc1ccc(-c2cc(CC(=O)Nc3ncc([N+](=O)[O-])s3)no2)cc1OC. The quantitative estimate of drug-likeness (QED) is 0.481. The van der Waals surface area contributed by atoms with E-state index in [0.717, 1.165) is 17.5 Å². The van der Waals surface area contributed by atoms with Crippen molar-refractivity contribution in [3.05, 3.63) is 46.3 Å². The van der Waals surface area contributed by atoms with Crippen LogP contribution in [0.1, 0.15) is 5.69 Å². The van der Waals surface area contributed by atoms with Crippen molar-refractivity contribution >= 4 is 27.4 Å². The Labute approximate surface area is 156 Å². The Morgan fingerprint density at radius 1 is 1.30 bits per heavy atom. The molecule has 0 aliphatic carbocycles. The normalized spacial score (nSPS) is 10.4. The second-order valence-electron chi connectivity index (χ2n) is 5.24. The average molecular weight is 390 g/mol. The van der Waals surface area contributed by atoms with Crippen LogP contribution in [-0.2, 0) is 11.2 Å². The molecule has 0 fully saturated rings. The van der Waals surface area contributed by atoms with Crippen molar-refractivity contribution in [1.82, 2.24) is 10.1 Å². The van der Waals surface area contributed by atoms with Gasteiger partial charge in [0.15, 0.2) is 22.4 Å². The Morgan fingerprint density at radius 2 is 2.07 bits per heavy atom. The zero-order valence-electron chi connectivity index (χ0n) is 14.3. The molecule has 1 aromatic carbocycles. The number of carbonyl (C=O) groups is 1. The molecular formula is C16H14N4O6S. The Balaban J connectivity index is 1.68. The predicted octanol–water partition coefficient (Wildman–Crippen LogP) is 2.90. The van der Waals surface area contributed by atoms with Crippen molar-refractivity contribution < 1.29 is 23.7 Å². The molecule has 0 atom stereocenters. The summed E-state index contributed by atoms with van der Waals surface area (Å²) in [4.78, 5) is 25.9. The standard InChI is InChI=1S/C16H14N4O6S/c1-24-11-4-3-9(5-13(11)25-2)12-6-10(19-26-12)7-14(21)18-16-17-8-15(27-16)20(22)23/h3-6,8H,7H2,1-2H3,(H,17,18,21). The molecule has 2 aromatic heterocycles. The number of nitro groups is 1. The number of nitrogens with zero attached hydrogens (tertiary/aromatic N) is 3. The van der Waals surface area contributed by atoms with E-state index in [1.165, 1.54) is 7.11 Å². The van der Waals surface area contributed by atoms with Crippen LogP contribution in [0.25, 0.3) is 11.3 Å². The molecule has 2 heterocycles. The number of ether oxygens (including phenoxy) is 2. The second-order valence-corrected chi connectivity index (χ2v) is 6.25. The summed E-state index contributed by atoms with van der Waals surface area (Å²) in [7, 11) is 3.07. The van der Waals surface area contributed by atoms with Crippen LogP contribution in [0.5, 0.6) is 11.5 Å². The number of rotatable bonds is 7. The maximum atomic E-state index is 12.1. The number of carbonyl (C=O) groups excluding carboxylic acids is 1. The first-order valence-electron chi connectivity index (χ1n) is 7.58. The van der Waals surface area contributed by atoms with Crippen LogP contribution < -0.4 is 14.8 Å². The fourth-order valence-corrected chi connectivity index (χ4v) is 2.90. The highest BCUT2D eigenvalue weighted by Crippen LogP contribution is 2.32. The van der Waals surface area contributed by atoms with Crippen molar-refractivity contribution in [2.24, 2.45) is 0 Å². The summed E-state index contributed by atoms with van der Waals surface area (Å²) in [5, 5.41) is 17.0. The van der Waals surface area contributed by atoms with Gasteiger partial charge >= 0.3 is 5.00 Å². The molecule has 0 spiro atoms. The smallest absolute Gasteiger partial charge is 0.345 e. The fourth-order valence-electron chi connectivity index (χ4n) is 2.26. The van der Waals surface area contributed by atoms with E-state index in [-0.39, 0.29) is 16.6 Å². The van der Waals surface area contributed by atoms with E-state index in [1.54, 1.807) is 31.4 Å². The molecule has 0 bridgehead atoms. The summed E-state index contributed by atoms with van der Waals surface area (Å²) in [5.74, 6) is 1.17. The third kappa shape index (κ3) is 4.20. The largest absolute Gasteiger partial charge is 0.493 e. The third-order valence-electron chi connectivity index (χ3n) is 3.49. The van der Waals surface area contributed by atoms with E-state index >= 15 is 0 Å². The van der Waals surface area contributed by atoms with Crippen LogP contribution in [-0.4, -0.2) is 35.2 Å². The van der Waals surface area contributed by atoms with E-state index in [2.05, 4.69) is 15.5 Å². The second kappa shape index (κ2) is 7.83. The molecule has 3 aromatic rings. The van der Waals surface area contributed by atoms with Gasteiger partial charge in [0.2, 0.25) is 5.91 Å². The minimum absolute atomic E-state index is 0.0653. The van der Waals surface area contributed by atoms with Crippen LogP contribution in [0.15, 0.2) is 35.0 Å². The Morgan fingerprint density at radius 3 is 2.74 bits per heavy atom. The lowest BCUT2D eigenvalue weighted by Gasteiger charge is -2.07. The Kier molecular flexibility index (Phi) is 5.31. The minimum atomic E-state index is -0.569. The molecular weight excluding hydrogens is 376 g/mol. The lowest BCUT2D eigenvalue weighted by atomic mass is 10.1. The van der Waals surface area contributed by atoms with Gasteiger partial charge in [0.1, 0.15) is 6.20 Å². The molecule has 0 unspecified atom stereocenters. The number of methoxy groups -OCH3 is 2. The molecule has 1 N–H and O–H groups in total. The number of nitrogens with one attached hydrogen (secondary N) is 1. The highest BCUT2D eigenvalue weighted by molar-refractivity contribution is 7.18. The number of hydrogen-bond acceptors (Lipinski definition) is 9. The molecule has 0 aliphatic rings. The first kappa shape index (κ1) is 18.3. The molecule has 3 rings (SSSR count). The van der Waals surface area contributed by atoms with Crippen LogP contribution in [0.2, 0.25) is 0 Å². The lowest BCUT2D eigenvalue weighted by molar-refractivity contribution is -0.380. The predicted molar refractivity (Wildman–Crippen MR) is 96.1 cm³/mol. The number of aromatic nitrogens is 2. The highest BCUT2D eigenvalue weighted by atomic mass is 32.1. The molecule has 140 valence electrons. The van der Waals surface area contributed by atoms with Gasteiger partial charge in [0.05, 0.1) is 31.3 Å². The van der Waals surface area contributed by atoms with Crippen LogP contribution >= 0.6 is 11.3 Å². The van der Waals surface area contributed by atoms with Gasteiger partial charge in [-0.1, -0.05) is 5.16 Å². The number of hydrogen-bond donors (Lipinski definition) is 1. The molecule has 10 nitrogen and oxygen atoms in total. The molecule has 0 aliphatic heterocycles. The number of thiazole rings is 1. The van der Waals surface area contributed by atoms with E-state index in [0.29, 0.717) is 28.5 Å². The van der Waals surface area contributed by atoms with Crippen molar-refractivity contribution in [3.8, 4) is 22.8 Å². The maximum absolute atomic E-state index is 12.1. The zero-order valence-corrected chi connectivity index (χ0v) is 15.1. The van der Waals surface area contributed by atoms with E-state index in [1.807, 2.05) is 0 Å². The number of anilines is 1. The first-order valence-corrected chi connectivity index (χ1v) is 8.40. The van der Waals surface area contributed by atoms with E-state index in [4.69, 9.17) is 14.0 Å². The van der Waals surface area contributed by atoms with Crippen molar-refractivity contribution in [1.29, 1.82) is 0 Å². The number of benzene rings is 1. The fraction of sp³-hybridized carbons (Fsp3) is 0.188. The van der Waals surface area contributed by atoms with Gasteiger partial charge in [-0.25, -0.2) is 4.98 Å². The topological polar surface area (TPSA) is 130 Å². The van der Waals surface area contributed by atoms with Gasteiger partial charge in [-0.2, -0.15) is 0 Å². The summed E-state index contributed by atoms with van der Waals surface area (Å²) < 4.78 is 15.7. The summed E-state index contributed by atoms with van der Waals surface area (Å²) in [6.07, 6.45) is 1.02. The first-order chi connectivity index (χ1) is 13.0. The van der Waals surface area contributed by atoms with Gasteiger partial charge in [0, 0.05) is 11.6 Å². The molecule has 11 heteroatoms. The Hall–Kier alpha value is -3.47. The van der Waals surface area contributed by atoms with Crippen LogP contribution in [0.3, 0.4) is 0 Å². The van der Waals surface area contributed by atoms with Crippen LogP contribution in [0.4, 0.5) is 10.1 Å². The van der Waals surface area contributed by atoms with Crippen molar-refractivity contribution in [2.45, 2.75) is 6.42 Å². The zero-order chi connectivity index (χ0) is 19.4. The Bertz CT molecular complexity index is 983. The highest BCUT2D eigenvalue weighted by Gasteiger charge is 2.16. The maximum Gasteiger partial charge on any atom is 0.345 e. The summed E-state index contributed by atoms with van der Waals surface area (Å²) >= 11 is 0.778. The summed E-state index contributed by atoms with van der Waals surface area (Å²) in [6.45, 7) is 0. The van der Waals surface area contributed by atoms with Gasteiger partial charge < -0.3 is 19.3 Å². The number of amides is 1. The van der Waals surface area contributed by atoms with Gasteiger partial charge in [0.25, 0.3) is 0 Å². The van der Waals surface area contributed by atoms with Crippen molar-refractivity contribution in [2.75, 3.05) is 19.5 Å². The average Bonchev–Trinajstić information content (AvgIpc) is 3.30. The van der Waals surface area contributed by atoms with E-state index < -0.39 is 10.8 Å². The monoisotopic (exact) mass is 390 g/mol. The molecule has 1 amide bonds. The molecule has 27 heavy (non-hydrogen) atoms. The lowest BCUT2D eigenvalue weighted by Crippen LogP contribution is -2.14. The van der Waals surface area contributed by atoms with Crippen LogP contribution in [0, 0.1) is 10.1 Å². The minimum Gasteiger partial charge on any atom is -0.493 e. The third-order valence-corrected chi connectivity index (χ3v) is 4.35. The van der Waals surface area contributed by atoms with E-state index in [9.17, 15) is 14.9 Å². The molecule has 0 saturated carbocycles. The van der Waals surface area contributed by atoms with Gasteiger partial charge in [-0.3, -0.25) is 14.9 Å². The summed E-state index contributed by atoms with van der Waals surface area (Å²) in [6, 6.07) is 6.88. The van der Waals surface area contributed by atoms with Gasteiger partial charge in [-0.05, 0) is 29.5 Å². The molecule has 0 radical (unpaired) electrons. The molecule has 0 saturated heterocycles. The van der Waals surface area contributed by atoms with Crippen molar-refractivity contribution in [3.63, 3.8) is 0 Å².